The number of halogens is 1. The number of nitrogen functional groups attached to an aromatic ring is 1. The van der Waals surface area contributed by atoms with Crippen LogP contribution in [0.25, 0.3) is 17.1 Å². The summed E-state index contributed by atoms with van der Waals surface area (Å²) in [7, 11) is 0. The summed E-state index contributed by atoms with van der Waals surface area (Å²) in [5.74, 6) is 0.229. The predicted octanol–water partition coefficient (Wildman–Crippen LogP) is 2.82. The highest BCUT2D eigenvalue weighted by Gasteiger charge is 2.25. The molecule has 0 aliphatic carbocycles. The second-order valence-corrected chi connectivity index (χ2v) is 7.30. The Morgan fingerprint density at radius 3 is 2.62 bits per heavy atom. The van der Waals surface area contributed by atoms with Crippen LogP contribution in [-0.4, -0.2) is 44.0 Å². The summed E-state index contributed by atoms with van der Waals surface area (Å²) in [6.07, 6.45) is 1.52. The van der Waals surface area contributed by atoms with Crippen LogP contribution in [0.2, 0.25) is 0 Å². The lowest BCUT2D eigenvalue weighted by Crippen LogP contribution is -2.19. The van der Waals surface area contributed by atoms with Crippen LogP contribution in [0.4, 0.5) is 5.82 Å². The number of anilines is 1. The van der Waals surface area contributed by atoms with Crippen LogP contribution in [-0.2, 0) is 0 Å². The number of nitrogens with two attached hydrogens (primary N) is 1. The normalized spacial score (nSPS) is 11.1. The maximum atomic E-state index is 12.9. The van der Waals surface area contributed by atoms with Gasteiger partial charge in [0.05, 0.1) is 12.8 Å². The summed E-state index contributed by atoms with van der Waals surface area (Å²) < 4.78 is 12.4. The minimum absolute atomic E-state index is 0.00213. The number of benzene rings is 2. The smallest absolute Gasteiger partial charge is 0.294 e. The van der Waals surface area contributed by atoms with E-state index in [9.17, 15) is 4.79 Å². The van der Waals surface area contributed by atoms with E-state index in [0.717, 1.165) is 10.0 Å². The van der Waals surface area contributed by atoms with Crippen molar-refractivity contribution in [3.8, 4) is 22.8 Å². The van der Waals surface area contributed by atoms with Gasteiger partial charge in [-0.3, -0.25) is 4.79 Å². The molecule has 0 radical (unpaired) electrons. The van der Waals surface area contributed by atoms with Crippen LogP contribution in [0.15, 0.2) is 62.7 Å². The van der Waals surface area contributed by atoms with E-state index in [-0.39, 0.29) is 17.3 Å². The summed E-state index contributed by atoms with van der Waals surface area (Å²) in [4.78, 5) is 12.9. The molecule has 0 unspecified atom stereocenters. The van der Waals surface area contributed by atoms with Crippen LogP contribution in [0.5, 0.6) is 5.75 Å². The molecule has 162 valence electrons. The molecule has 0 aliphatic rings. The lowest BCUT2D eigenvalue weighted by atomic mass is 10.1. The minimum atomic E-state index is -0.566. The van der Waals surface area contributed by atoms with Crippen molar-refractivity contribution in [3.05, 3.63) is 64.3 Å². The number of amides is 1. The van der Waals surface area contributed by atoms with Crippen molar-refractivity contribution in [1.82, 2.24) is 30.7 Å². The molecule has 0 bridgehead atoms. The van der Waals surface area contributed by atoms with E-state index in [1.54, 1.807) is 24.3 Å². The predicted molar refractivity (Wildman–Crippen MR) is 119 cm³/mol. The van der Waals surface area contributed by atoms with Gasteiger partial charge in [0.1, 0.15) is 11.4 Å². The first-order chi connectivity index (χ1) is 15.6. The van der Waals surface area contributed by atoms with Crippen LogP contribution in [0.3, 0.4) is 0 Å². The Hall–Kier alpha value is -4.06. The van der Waals surface area contributed by atoms with Gasteiger partial charge in [0.25, 0.3) is 5.91 Å². The van der Waals surface area contributed by atoms with Crippen molar-refractivity contribution in [1.29, 1.82) is 0 Å². The third-order valence-electron chi connectivity index (χ3n) is 4.27. The molecular weight excluding hydrogens is 480 g/mol. The standard InChI is InChI=1S/C20H17BrN8O3/c1-2-31-15-9-5-13(6-10-15)17-16(24-28-29(17)19-18(22)26-32-27-19)20(30)25-23-11-12-3-7-14(21)8-4-12/h3-11H,2H2,1H3,(H2,22,26)(H,25,30)/b23-11-. The van der Waals surface area contributed by atoms with E-state index >= 15 is 0 Å². The van der Waals surface area contributed by atoms with Crippen LogP contribution in [0, 0.1) is 0 Å². The van der Waals surface area contributed by atoms with Gasteiger partial charge >= 0.3 is 0 Å². The number of nitrogens with one attached hydrogen (secondary N) is 1. The summed E-state index contributed by atoms with van der Waals surface area (Å²) in [5.41, 5.74) is 10.1. The van der Waals surface area contributed by atoms with Gasteiger partial charge in [-0.15, -0.1) is 5.10 Å². The zero-order valence-corrected chi connectivity index (χ0v) is 18.4. The largest absolute Gasteiger partial charge is 0.494 e. The van der Waals surface area contributed by atoms with E-state index < -0.39 is 5.91 Å². The molecule has 0 atom stereocenters. The van der Waals surface area contributed by atoms with Crippen molar-refractivity contribution in [2.24, 2.45) is 5.10 Å². The van der Waals surface area contributed by atoms with Gasteiger partial charge in [-0.05, 0) is 59.2 Å². The third kappa shape index (κ3) is 4.49. The zero-order chi connectivity index (χ0) is 22.5. The fourth-order valence-electron chi connectivity index (χ4n) is 2.82. The second kappa shape index (κ2) is 9.39. The van der Waals surface area contributed by atoms with E-state index in [1.165, 1.54) is 10.9 Å². The number of ether oxygens (including phenoxy) is 1. The average molecular weight is 497 g/mol. The number of nitrogens with zero attached hydrogens (tertiary/aromatic N) is 6. The quantitative estimate of drug-likeness (QED) is 0.293. The Kier molecular flexibility index (Phi) is 6.22. The second-order valence-electron chi connectivity index (χ2n) is 6.38. The molecule has 4 rings (SSSR count). The molecule has 0 saturated heterocycles. The average Bonchev–Trinajstić information content (AvgIpc) is 3.42. The lowest BCUT2D eigenvalue weighted by Gasteiger charge is -2.07. The maximum Gasteiger partial charge on any atom is 0.294 e. The Morgan fingerprint density at radius 2 is 1.97 bits per heavy atom. The molecule has 0 saturated carbocycles. The van der Waals surface area contributed by atoms with Gasteiger partial charge < -0.3 is 10.5 Å². The van der Waals surface area contributed by atoms with Gasteiger partial charge in [-0.25, -0.2) is 10.1 Å². The number of carbonyl (C=O) groups is 1. The molecule has 2 aromatic carbocycles. The number of aromatic nitrogens is 5. The van der Waals surface area contributed by atoms with E-state index in [0.29, 0.717) is 23.6 Å². The third-order valence-corrected chi connectivity index (χ3v) is 4.80. The van der Waals surface area contributed by atoms with Crippen molar-refractivity contribution in [2.75, 3.05) is 12.3 Å². The number of hydrazone groups is 1. The highest BCUT2D eigenvalue weighted by Crippen LogP contribution is 2.28. The molecule has 0 aliphatic heterocycles. The maximum absolute atomic E-state index is 12.9. The lowest BCUT2D eigenvalue weighted by molar-refractivity contribution is 0.0950. The summed E-state index contributed by atoms with van der Waals surface area (Å²) >= 11 is 3.37. The Balaban J connectivity index is 1.67. The first-order valence-corrected chi connectivity index (χ1v) is 10.2. The SMILES string of the molecule is CCOc1ccc(-c2c(C(=O)N/N=C\c3ccc(Br)cc3)nnn2-c2nonc2N)cc1. The Labute approximate surface area is 190 Å². The van der Waals surface area contributed by atoms with Crippen LogP contribution in [0.1, 0.15) is 23.0 Å². The number of rotatable bonds is 7. The van der Waals surface area contributed by atoms with E-state index in [1.807, 2.05) is 31.2 Å². The van der Waals surface area contributed by atoms with Crippen molar-refractivity contribution < 1.29 is 14.2 Å². The fraction of sp³-hybridized carbons (Fsp3) is 0.100. The van der Waals surface area contributed by atoms with Gasteiger partial charge in [0.2, 0.25) is 11.6 Å². The molecule has 11 nitrogen and oxygen atoms in total. The van der Waals surface area contributed by atoms with Crippen molar-refractivity contribution in [2.45, 2.75) is 6.92 Å². The van der Waals surface area contributed by atoms with Gasteiger partial charge in [-0.1, -0.05) is 33.3 Å². The summed E-state index contributed by atoms with van der Waals surface area (Å²) in [5, 5.41) is 19.4. The zero-order valence-electron chi connectivity index (χ0n) is 16.8. The molecule has 0 fully saturated rings. The molecule has 1 amide bonds. The highest BCUT2D eigenvalue weighted by atomic mass is 79.9. The van der Waals surface area contributed by atoms with E-state index in [4.69, 9.17) is 10.5 Å². The van der Waals surface area contributed by atoms with Crippen LogP contribution >= 0.6 is 15.9 Å². The molecule has 4 aromatic rings. The number of hydrogen-bond donors (Lipinski definition) is 2. The fourth-order valence-corrected chi connectivity index (χ4v) is 3.09. The monoisotopic (exact) mass is 496 g/mol. The summed E-state index contributed by atoms with van der Waals surface area (Å²) in [6, 6.07) is 14.5. The van der Waals surface area contributed by atoms with Gasteiger partial charge in [0, 0.05) is 10.0 Å². The molecular formula is C20H17BrN8O3. The van der Waals surface area contributed by atoms with Crippen LogP contribution < -0.4 is 15.9 Å². The molecule has 12 heteroatoms. The Bertz CT molecular complexity index is 1250. The van der Waals surface area contributed by atoms with E-state index in [2.05, 4.69) is 51.7 Å². The first-order valence-electron chi connectivity index (χ1n) is 9.43. The van der Waals surface area contributed by atoms with Gasteiger partial charge in [-0.2, -0.15) is 9.78 Å². The first kappa shape index (κ1) is 21.2. The molecule has 32 heavy (non-hydrogen) atoms. The number of carbonyl (C=O) groups excluding carboxylic acids is 1. The minimum Gasteiger partial charge on any atom is -0.494 e. The summed E-state index contributed by atoms with van der Waals surface area (Å²) in [6.45, 7) is 2.43. The Morgan fingerprint density at radius 1 is 1.22 bits per heavy atom. The number of hydrogen-bond acceptors (Lipinski definition) is 9. The highest BCUT2D eigenvalue weighted by molar-refractivity contribution is 9.10. The topological polar surface area (TPSA) is 146 Å². The molecule has 3 N–H and O–H groups in total. The van der Waals surface area contributed by atoms with Gasteiger partial charge in [0.15, 0.2) is 5.69 Å². The molecule has 2 aromatic heterocycles. The molecule has 2 heterocycles. The van der Waals surface area contributed by atoms with Crippen molar-refractivity contribution >= 4 is 33.9 Å². The van der Waals surface area contributed by atoms with Crippen molar-refractivity contribution in [3.63, 3.8) is 0 Å². The molecule has 0 spiro atoms.